The number of amides is 2. The number of aliphatic imine (C=N–C) groups is 1. The first-order chi connectivity index (χ1) is 14.3. The summed E-state index contributed by atoms with van der Waals surface area (Å²) in [6.45, 7) is 1.47. The second kappa shape index (κ2) is 6.87. The number of benzene rings is 2. The minimum absolute atomic E-state index is 0.121. The highest BCUT2D eigenvalue weighted by molar-refractivity contribution is 6.33. The number of carbonyl (C=O) groups excluding carboxylic acids is 3. The number of hydrogen-bond acceptors (Lipinski definition) is 7. The highest BCUT2D eigenvalue weighted by Crippen LogP contribution is 2.46. The van der Waals surface area contributed by atoms with Crippen LogP contribution in [-0.2, 0) is 19.1 Å². The molecule has 2 aliphatic heterocycles. The van der Waals surface area contributed by atoms with Crippen LogP contribution in [0.15, 0.2) is 59.6 Å². The van der Waals surface area contributed by atoms with Gasteiger partial charge in [-0.15, -0.1) is 0 Å². The number of non-ortho nitro benzene ring substituents is 1. The molecule has 2 heterocycles. The number of nitro groups is 1. The van der Waals surface area contributed by atoms with Crippen LogP contribution in [0.25, 0.3) is 0 Å². The molecule has 3 atom stereocenters. The van der Waals surface area contributed by atoms with Crippen molar-refractivity contribution in [1.82, 2.24) is 0 Å². The number of imide groups is 1. The van der Waals surface area contributed by atoms with Gasteiger partial charge in [-0.1, -0.05) is 18.2 Å². The van der Waals surface area contributed by atoms with Crippen molar-refractivity contribution in [2.45, 2.75) is 12.5 Å². The molecule has 0 bridgehead atoms. The summed E-state index contributed by atoms with van der Waals surface area (Å²) in [5.74, 6) is -3.83. The van der Waals surface area contributed by atoms with E-state index in [1.807, 2.05) is 0 Å². The summed E-state index contributed by atoms with van der Waals surface area (Å²) < 4.78 is 4.89. The SMILES string of the molecule is COC(=O)[C@]1(C)N=C(c2ccc([N+](=O)[O-])cc2)[C@H]2C(=O)N(c3ccccc3)C(=O)[C@H]21. The molecule has 0 radical (unpaired) electrons. The van der Waals surface area contributed by atoms with Gasteiger partial charge in [0.25, 0.3) is 5.69 Å². The van der Waals surface area contributed by atoms with Crippen molar-refractivity contribution in [3.63, 3.8) is 0 Å². The summed E-state index contributed by atoms with van der Waals surface area (Å²) in [6, 6.07) is 13.9. The predicted octanol–water partition coefficient (Wildman–Crippen LogP) is 2.13. The van der Waals surface area contributed by atoms with Crippen molar-refractivity contribution in [1.29, 1.82) is 0 Å². The van der Waals surface area contributed by atoms with Crippen LogP contribution < -0.4 is 4.90 Å². The Morgan fingerprint density at radius 3 is 2.30 bits per heavy atom. The molecule has 152 valence electrons. The molecule has 0 saturated carbocycles. The normalized spacial score (nSPS) is 25.1. The van der Waals surface area contributed by atoms with E-state index in [4.69, 9.17) is 4.74 Å². The second-order valence-corrected chi connectivity index (χ2v) is 7.24. The highest BCUT2D eigenvalue weighted by Gasteiger charge is 2.65. The standard InChI is InChI=1S/C21H17N3O6/c1-21(20(27)30-2)16-15(17(22-21)12-8-10-14(11-9-12)24(28)29)18(25)23(19(16)26)13-6-4-3-5-7-13/h3-11,15-16H,1-2H3/t15-,16-,21+/m0/s1. The fraction of sp³-hybridized carbons (Fsp3) is 0.238. The molecular formula is C21H17N3O6. The average molecular weight is 407 g/mol. The molecule has 9 heteroatoms. The molecule has 2 amide bonds. The van der Waals surface area contributed by atoms with Crippen LogP contribution >= 0.6 is 0 Å². The number of fused-ring (bicyclic) bond motifs is 1. The Morgan fingerprint density at radius 1 is 1.10 bits per heavy atom. The summed E-state index contributed by atoms with van der Waals surface area (Å²) in [7, 11) is 1.19. The molecular weight excluding hydrogens is 390 g/mol. The quantitative estimate of drug-likeness (QED) is 0.331. The van der Waals surface area contributed by atoms with Gasteiger partial charge in [-0.2, -0.15) is 0 Å². The Labute approximate surface area is 171 Å². The monoisotopic (exact) mass is 407 g/mol. The maximum absolute atomic E-state index is 13.3. The zero-order valence-corrected chi connectivity index (χ0v) is 16.1. The van der Waals surface area contributed by atoms with Crippen molar-refractivity contribution in [3.8, 4) is 0 Å². The molecule has 0 aromatic heterocycles. The zero-order chi connectivity index (χ0) is 21.6. The first-order valence-corrected chi connectivity index (χ1v) is 9.15. The largest absolute Gasteiger partial charge is 0.467 e. The van der Waals surface area contributed by atoms with Crippen molar-refractivity contribution in [2.24, 2.45) is 16.8 Å². The molecule has 0 aliphatic carbocycles. The molecule has 30 heavy (non-hydrogen) atoms. The Bertz CT molecular complexity index is 1100. The van der Waals surface area contributed by atoms with Crippen LogP contribution in [-0.4, -0.2) is 41.1 Å². The van der Waals surface area contributed by atoms with Crippen LogP contribution in [0.1, 0.15) is 12.5 Å². The molecule has 1 saturated heterocycles. The van der Waals surface area contributed by atoms with E-state index in [2.05, 4.69) is 4.99 Å². The van der Waals surface area contributed by atoms with Gasteiger partial charge in [0.1, 0.15) is 0 Å². The fourth-order valence-corrected chi connectivity index (χ4v) is 4.11. The lowest BCUT2D eigenvalue weighted by molar-refractivity contribution is -0.384. The van der Waals surface area contributed by atoms with Crippen LogP contribution in [0, 0.1) is 22.0 Å². The van der Waals surface area contributed by atoms with E-state index < -0.39 is 40.1 Å². The van der Waals surface area contributed by atoms with Gasteiger partial charge in [0, 0.05) is 12.1 Å². The van der Waals surface area contributed by atoms with Crippen molar-refractivity contribution < 1.29 is 24.0 Å². The number of carbonyl (C=O) groups is 3. The van der Waals surface area contributed by atoms with Gasteiger partial charge in [0.2, 0.25) is 11.8 Å². The number of nitrogens with zero attached hydrogens (tertiary/aromatic N) is 3. The molecule has 0 unspecified atom stereocenters. The van der Waals surface area contributed by atoms with E-state index in [0.29, 0.717) is 11.3 Å². The third kappa shape index (κ3) is 2.70. The van der Waals surface area contributed by atoms with E-state index >= 15 is 0 Å². The summed E-state index contributed by atoms with van der Waals surface area (Å²) >= 11 is 0. The predicted molar refractivity (Wildman–Crippen MR) is 106 cm³/mol. The molecule has 2 aliphatic rings. The lowest BCUT2D eigenvalue weighted by Gasteiger charge is -2.24. The maximum atomic E-state index is 13.3. The first-order valence-electron chi connectivity index (χ1n) is 9.15. The first kappa shape index (κ1) is 19.4. The molecule has 2 aromatic carbocycles. The van der Waals surface area contributed by atoms with E-state index in [-0.39, 0.29) is 11.4 Å². The van der Waals surface area contributed by atoms with Gasteiger partial charge >= 0.3 is 5.97 Å². The Balaban J connectivity index is 1.84. The number of rotatable bonds is 4. The van der Waals surface area contributed by atoms with Gasteiger partial charge < -0.3 is 4.74 Å². The molecule has 0 N–H and O–H groups in total. The third-order valence-corrected chi connectivity index (χ3v) is 5.55. The molecule has 2 aromatic rings. The Hall–Kier alpha value is -3.88. The number of anilines is 1. The summed E-state index contributed by atoms with van der Waals surface area (Å²) in [5, 5.41) is 11.0. The summed E-state index contributed by atoms with van der Waals surface area (Å²) in [4.78, 5) is 55.1. The number of ether oxygens (including phenoxy) is 1. The van der Waals surface area contributed by atoms with Crippen molar-refractivity contribution in [3.05, 3.63) is 70.3 Å². The van der Waals surface area contributed by atoms with E-state index in [1.165, 1.54) is 38.3 Å². The van der Waals surface area contributed by atoms with Gasteiger partial charge in [-0.3, -0.25) is 24.7 Å². The van der Waals surface area contributed by atoms with E-state index in [0.717, 1.165) is 4.90 Å². The average Bonchev–Trinajstić information content (AvgIpc) is 3.21. The second-order valence-electron chi connectivity index (χ2n) is 7.24. The summed E-state index contributed by atoms with van der Waals surface area (Å²) in [6.07, 6.45) is 0. The Kier molecular flexibility index (Phi) is 4.45. The minimum atomic E-state index is -1.59. The van der Waals surface area contributed by atoms with Crippen LogP contribution in [0.4, 0.5) is 11.4 Å². The fourth-order valence-electron chi connectivity index (χ4n) is 4.11. The molecule has 4 rings (SSSR count). The molecule has 1 fully saturated rings. The maximum Gasteiger partial charge on any atom is 0.334 e. The van der Waals surface area contributed by atoms with Gasteiger partial charge in [-0.25, -0.2) is 9.69 Å². The minimum Gasteiger partial charge on any atom is -0.467 e. The van der Waals surface area contributed by atoms with E-state index in [1.54, 1.807) is 30.3 Å². The number of hydrogen-bond donors (Lipinski definition) is 0. The number of esters is 1. The molecule has 9 nitrogen and oxygen atoms in total. The van der Waals surface area contributed by atoms with Crippen molar-refractivity contribution in [2.75, 3.05) is 12.0 Å². The van der Waals surface area contributed by atoms with Crippen LogP contribution in [0.2, 0.25) is 0 Å². The van der Waals surface area contributed by atoms with Crippen LogP contribution in [0.3, 0.4) is 0 Å². The molecule has 0 spiro atoms. The van der Waals surface area contributed by atoms with Gasteiger partial charge in [-0.05, 0) is 36.8 Å². The van der Waals surface area contributed by atoms with Gasteiger partial charge in [0.05, 0.1) is 35.3 Å². The van der Waals surface area contributed by atoms with Crippen LogP contribution in [0.5, 0.6) is 0 Å². The summed E-state index contributed by atoms with van der Waals surface area (Å²) in [5.41, 5.74) is -0.646. The number of nitro benzene ring substituents is 1. The van der Waals surface area contributed by atoms with E-state index in [9.17, 15) is 24.5 Å². The highest BCUT2D eigenvalue weighted by atomic mass is 16.6. The lowest BCUT2D eigenvalue weighted by Crippen LogP contribution is -2.45. The lowest BCUT2D eigenvalue weighted by atomic mass is 9.79. The van der Waals surface area contributed by atoms with Crippen molar-refractivity contribution >= 4 is 34.9 Å². The topological polar surface area (TPSA) is 119 Å². The number of para-hydroxylation sites is 1. The Morgan fingerprint density at radius 2 is 1.73 bits per heavy atom. The zero-order valence-electron chi connectivity index (χ0n) is 16.1. The van der Waals surface area contributed by atoms with Gasteiger partial charge in [0.15, 0.2) is 5.54 Å². The third-order valence-electron chi connectivity index (χ3n) is 5.55. The smallest absolute Gasteiger partial charge is 0.334 e. The number of methoxy groups -OCH3 is 1.